The summed E-state index contributed by atoms with van der Waals surface area (Å²) < 4.78 is 3.14. The maximum atomic E-state index is 11.4. The maximum Gasteiger partial charge on any atom is 0.407 e. The quantitative estimate of drug-likeness (QED) is 0.639. The van der Waals surface area contributed by atoms with Crippen molar-refractivity contribution >= 4 is 47.3 Å². The summed E-state index contributed by atoms with van der Waals surface area (Å²) in [5.74, 6) is 0.322. The number of piperidine rings is 1. The molecule has 1 fully saturated rings. The monoisotopic (exact) mass is 316 g/mol. The smallest absolute Gasteiger partial charge is 0.407 e. The molecule has 1 aliphatic rings. The summed E-state index contributed by atoms with van der Waals surface area (Å²) >= 11 is 16.4. The first-order chi connectivity index (χ1) is 8.30. The Kier molecular flexibility index (Phi) is 5.82. The topological polar surface area (TPSA) is 58.6 Å². The standard InChI is InChI=1S/C10H15Cl3N2O3/c1-7-2-8(4-15(3-7)6-16)14-9(17)18-5-10(11,12)13/h6-8H,2-5H2,1H3,(H,14,17)/t7-,8+/m0/s1. The van der Waals surface area contributed by atoms with E-state index in [-0.39, 0.29) is 12.6 Å². The Morgan fingerprint density at radius 2 is 2.17 bits per heavy atom. The number of rotatable bonds is 3. The Labute approximate surface area is 121 Å². The molecule has 1 saturated heterocycles. The van der Waals surface area contributed by atoms with Gasteiger partial charge in [-0.05, 0) is 12.3 Å². The molecule has 0 aromatic carbocycles. The molecule has 0 unspecified atom stereocenters. The molecule has 1 rings (SSSR count). The van der Waals surface area contributed by atoms with E-state index in [0.717, 1.165) is 12.8 Å². The van der Waals surface area contributed by atoms with Crippen molar-refractivity contribution in [2.75, 3.05) is 19.7 Å². The van der Waals surface area contributed by atoms with Gasteiger partial charge in [0.15, 0.2) is 0 Å². The fourth-order valence-corrected chi connectivity index (χ4v) is 2.10. The lowest BCUT2D eigenvalue weighted by Crippen LogP contribution is -2.50. The van der Waals surface area contributed by atoms with Gasteiger partial charge in [0.25, 0.3) is 0 Å². The second kappa shape index (κ2) is 6.68. The zero-order valence-electron chi connectivity index (χ0n) is 9.87. The average molecular weight is 318 g/mol. The van der Waals surface area contributed by atoms with Gasteiger partial charge >= 0.3 is 6.09 Å². The summed E-state index contributed by atoms with van der Waals surface area (Å²) in [6.07, 6.45) is 0.913. The van der Waals surface area contributed by atoms with Crippen molar-refractivity contribution in [3.8, 4) is 0 Å². The number of halogens is 3. The normalized spacial score (nSPS) is 24.6. The Morgan fingerprint density at radius 3 is 2.72 bits per heavy atom. The summed E-state index contributed by atoms with van der Waals surface area (Å²) in [7, 11) is 0. The van der Waals surface area contributed by atoms with Crippen LogP contribution in [0.3, 0.4) is 0 Å². The van der Waals surface area contributed by atoms with Crippen molar-refractivity contribution in [1.82, 2.24) is 10.2 Å². The van der Waals surface area contributed by atoms with E-state index in [2.05, 4.69) is 5.32 Å². The van der Waals surface area contributed by atoms with Gasteiger partial charge in [-0.1, -0.05) is 41.7 Å². The Bertz CT molecular complexity index is 309. The van der Waals surface area contributed by atoms with E-state index in [1.54, 1.807) is 4.90 Å². The molecule has 2 atom stereocenters. The number of nitrogens with zero attached hydrogens (tertiary/aromatic N) is 1. The number of nitrogens with one attached hydrogen (secondary N) is 1. The van der Waals surface area contributed by atoms with E-state index in [0.29, 0.717) is 19.0 Å². The lowest BCUT2D eigenvalue weighted by molar-refractivity contribution is -0.120. The number of alkyl carbamates (subject to hydrolysis) is 1. The number of ether oxygens (including phenoxy) is 1. The largest absolute Gasteiger partial charge is 0.445 e. The highest BCUT2D eigenvalue weighted by atomic mass is 35.6. The number of carbonyl (C=O) groups is 2. The van der Waals surface area contributed by atoms with Gasteiger partial charge < -0.3 is 15.0 Å². The molecule has 5 nitrogen and oxygen atoms in total. The SMILES string of the molecule is C[C@H]1C[C@@H](NC(=O)OCC(Cl)(Cl)Cl)CN(C=O)C1. The third-order valence-corrected chi connectivity index (χ3v) is 2.85. The fraction of sp³-hybridized carbons (Fsp3) is 0.800. The minimum absolute atomic E-state index is 0.137. The molecule has 2 amide bonds. The molecule has 1 aliphatic heterocycles. The second-order valence-electron chi connectivity index (χ2n) is 4.43. The fourth-order valence-electron chi connectivity index (χ4n) is 1.94. The molecule has 8 heteroatoms. The van der Waals surface area contributed by atoms with Crippen LogP contribution in [0, 0.1) is 5.92 Å². The number of hydrogen-bond acceptors (Lipinski definition) is 3. The molecule has 0 aromatic heterocycles. The molecule has 0 bridgehead atoms. The third-order valence-electron chi connectivity index (χ3n) is 2.53. The first-order valence-electron chi connectivity index (χ1n) is 5.49. The zero-order chi connectivity index (χ0) is 13.8. The number of carbonyl (C=O) groups excluding carboxylic acids is 2. The third kappa shape index (κ3) is 5.98. The Balaban J connectivity index is 2.37. The highest BCUT2D eigenvalue weighted by Crippen LogP contribution is 2.26. The molecular formula is C10H15Cl3N2O3. The molecule has 1 N–H and O–H groups in total. The lowest BCUT2D eigenvalue weighted by Gasteiger charge is -2.34. The summed E-state index contributed by atoms with van der Waals surface area (Å²) in [6, 6.07) is -0.137. The van der Waals surface area contributed by atoms with Crippen LogP contribution >= 0.6 is 34.8 Å². The summed E-state index contributed by atoms with van der Waals surface area (Å²) in [5.41, 5.74) is 0. The highest BCUT2D eigenvalue weighted by Gasteiger charge is 2.27. The van der Waals surface area contributed by atoms with Gasteiger partial charge in [0.1, 0.15) is 6.61 Å². The second-order valence-corrected chi connectivity index (χ2v) is 6.95. The van der Waals surface area contributed by atoms with E-state index in [9.17, 15) is 9.59 Å². The molecular weight excluding hydrogens is 302 g/mol. The maximum absolute atomic E-state index is 11.4. The van der Waals surface area contributed by atoms with Crippen LogP contribution in [0.1, 0.15) is 13.3 Å². The van der Waals surface area contributed by atoms with Crippen molar-refractivity contribution in [1.29, 1.82) is 0 Å². The van der Waals surface area contributed by atoms with Crippen LogP contribution in [0.4, 0.5) is 4.79 Å². The molecule has 0 aliphatic carbocycles. The minimum Gasteiger partial charge on any atom is -0.445 e. The van der Waals surface area contributed by atoms with E-state index in [1.807, 2.05) is 6.92 Å². The van der Waals surface area contributed by atoms with Crippen LogP contribution < -0.4 is 5.32 Å². The van der Waals surface area contributed by atoms with Gasteiger partial charge in [-0.2, -0.15) is 0 Å². The van der Waals surface area contributed by atoms with Crippen LogP contribution in [0.5, 0.6) is 0 Å². The number of likely N-dealkylation sites (tertiary alicyclic amines) is 1. The minimum atomic E-state index is -1.62. The van der Waals surface area contributed by atoms with Crippen LogP contribution in [0.25, 0.3) is 0 Å². The van der Waals surface area contributed by atoms with E-state index in [4.69, 9.17) is 39.5 Å². The van der Waals surface area contributed by atoms with Gasteiger partial charge in [-0.15, -0.1) is 0 Å². The van der Waals surface area contributed by atoms with Crippen LogP contribution in [0.2, 0.25) is 0 Å². The predicted molar refractivity (Wildman–Crippen MR) is 70.0 cm³/mol. The number of alkyl halides is 3. The lowest BCUT2D eigenvalue weighted by atomic mass is 9.96. The van der Waals surface area contributed by atoms with Gasteiger partial charge in [0.05, 0.1) is 6.04 Å². The molecule has 1 heterocycles. The zero-order valence-corrected chi connectivity index (χ0v) is 12.1. The Morgan fingerprint density at radius 1 is 1.50 bits per heavy atom. The van der Waals surface area contributed by atoms with E-state index in [1.165, 1.54) is 0 Å². The number of amides is 2. The highest BCUT2D eigenvalue weighted by molar-refractivity contribution is 6.67. The molecule has 0 radical (unpaired) electrons. The first kappa shape index (κ1) is 15.7. The van der Waals surface area contributed by atoms with Gasteiger partial charge in [0, 0.05) is 13.1 Å². The molecule has 18 heavy (non-hydrogen) atoms. The first-order valence-corrected chi connectivity index (χ1v) is 6.63. The predicted octanol–water partition coefficient (Wildman–Crippen LogP) is 1.95. The summed E-state index contributed by atoms with van der Waals surface area (Å²) in [5, 5.41) is 2.65. The summed E-state index contributed by atoms with van der Waals surface area (Å²) in [4.78, 5) is 23.8. The summed E-state index contributed by atoms with van der Waals surface area (Å²) in [6.45, 7) is 2.86. The van der Waals surface area contributed by atoms with E-state index >= 15 is 0 Å². The van der Waals surface area contributed by atoms with Crippen molar-refractivity contribution in [3.05, 3.63) is 0 Å². The van der Waals surface area contributed by atoms with Gasteiger partial charge in [-0.3, -0.25) is 4.79 Å². The van der Waals surface area contributed by atoms with Crippen LogP contribution in [0.15, 0.2) is 0 Å². The van der Waals surface area contributed by atoms with E-state index < -0.39 is 9.89 Å². The van der Waals surface area contributed by atoms with Crippen molar-refractivity contribution in [2.45, 2.75) is 23.2 Å². The van der Waals surface area contributed by atoms with Crippen LogP contribution in [-0.4, -0.2) is 46.9 Å². The van der Waals surface area contributed by atoms with Crippen molar-refractivity contribution < 1.29 is 14.3 Å². The molecule has 0 spiro atoms. The van der Waals surface area contributed by atoms with Gasteiger partial charge in [-0.25, -0.2) is 4.79 Å². The average Bonchev–Trinajstić information content (AvgIpc) is 2.24. The van der Waals surface area contributed by atoms with Crippen LogP contribution in [-0.2, 0) is 9.53 Å². The molecule has 104 valence electrons. The van der Waals surface area contributed by atoms with Gasteiger partial charge in [0.2, 0.25) is 10.2 Å². The Hall–Kier alpha value is -0.390. The molecule has 0 saturated carbocycles. The van der Waals surface area contributed by atoms with Crippen molar-refractivity contribution in [2.24, 2.45) is 5.92 Å². The molecule has 0 aromatic rings. The van der Waals surface area contributed by atoms with Crippen molar-refractivity contribution in [3.63, 3.8) is 0 Å². The number of hydrogen-bond donors (Lipinski definition) is 1.